The van der Waals surface area contributed by atoms with Crippen molar-refractivity contribution >= 4 is 29.8 Å². The topological polar surface area (TPSA) is 12.5 Å². The van der Waals surface area contributed by atoms with Crippen LogP contribution in [0.4, 0.5) is 11.4 Å². The third-order valence-corrected chi connectivity index (χ3v) is 4.42. The largest absolute Gasteiger partial charge is 0.497 e. The molecule has 0 aromatic heterocycles. The summed E-state index contributed by atoms with van der Waals surface area (Å²) in [5.41, 5.74) is 4.89. The number of benzene rings is 3. The molecule has 0 bridgehead atoms. The fourth-order valence-electron chi connectivity index (χ4n) is 3.23. The Balaban J connectivity index is 1.84. The van der Waals surface area contributed by atoms with E-state index in [-0.39, 0.29) is 6.85 Å². The molecule has 0 spiro atoms. The van der Waals surface area contributed by atoms with E-state index < -0.39 is 0 Å². The Labute approximate surface area is 143 Å². The second-order valence-corrected chi connectivity index (χ2v) is 5.84. The van der Waals surface area contributed by atoms with E-state index in [9.17, 15) is 0 Å². The van der Waals surface area contributed by atoms with Crippen LogP contribution >= 0.6 is 0 Å². The minimum Gasteiger partial charge on any atom is -0.497 e. The molecule has 4 rings (SSSR count). The van der Waals surface area contributed by atoms with Gasteiger partial charge in [0, 0.05) is 11.4 Å². The summed E-state index contributed by atoms with van der Waals surface area (Å²) < 4.78 is 5.30. The van der Waals surface area contributed by atoms with Gasteiger partial charge >= 0.3 is 6.85 Å². The number of methoxy groups -OCH3 is 1. The van der Waals surface area contributed by atoms with E-state index in [1.807, 2.05) is 12.1 Å². The van der Waals surface area contributed by atoms with Crippen LogP contribution in [0.25, 0.3) is 6.08 Å². The molecule has 0 aliphatic carbocycles. The highest BCUT2D eigenvalue weighted by Gasteiger charge is 2.28. The van der Waals surface area contributed by atoms with Crippen molar-refractivity contribution in [3.63, 3.8) is 0 Å². The number of anilines is 2. The molecule has 2 nitrogen and oxygen atoms in total. The number of ether oxygens (including phenoxy) is 1. The lowest BCUT2D eigenvalue weighted by atomic mass is 9.52. The molecule has 0 unspecified atom stereocenters. The fourth-order valence-corrected chi connectivity index (χ4v) is 3.23. The van der Waals surface area contributed by atoms with Crippen LogP contribution in [0.15, 0.2) is 84.8 Å². The minimum absolute atomic E-state index is 0.175. The summed E-state index contributed by atoms with van der Waals surface area (Å²) in [4.78, 5) is 2.38. The van der Waals surface area contributed by atoms with Crippen molar-refractivity contribution in [1.82, 2.24) is 0 Å². The number of nitrogens with zero attached hydrogens (tertiary/aromatic N) is 1. The minimum atomic E-state index is 0.175. The van der Waals surface area contributed by atoms with Gasteiger partial charge in [-0.2, -0.15) is 0 Å². The Hall–Kier alpha value is -2.94. The van der Waals surface area contributed by atoms with Gasteiger partial charge in [-0.3, -0.25) is 0 Å². The van der Waals surface area contributed by atoms with Crippen LogP contribution in [-0.4, -0.2) is 14.0 Å². The molecule has 24 heavy (non-hydrogen) atoms. The van der Waals surface area contributed by atoms with E-state index >= 15 is 0 Å². The van der Waals surface area contributed by atoms with Gasteiger partial charge in [0.15, 0.2) is 0 Å². The number of para-hydroxylation sites is 1. The molecule has 0 radical (unpaired) electrons. The molecule has 0 N–H and O–H groups in total. The Morgan fingerprint density at radius 2 is 1.50 bits per heavy atom. The summed E-state index contributed by atoms with van der Waals surface area (Å²) in [6.07, 6.45) is 2.22. The highest BCUT2D eigenvalue weighted by Crippen LogP contribution is 2.34. The second kappa shape index (κ2) is 6.28. The predicted octanol–water partition coefficient (Wildman–Crippen LogP) is 4.30. The quantitative estimate of drug-likeness (QED) is 0.669. The van der Waals surface area contributed by atoms with Crippen molar-refractivity contribution in [1.29, 1.82) is 0 Å². The fraction of sp³-hybridized carbons (Fsp3) is 0.0476. The van der Waals surface area contributed by atoms with Gasteiger partial charge in [0.2, 0.25) is 0 Å². The maximum absolute atomic E-state index is 5.30. The van der Waals surface area contributed by atoms with Gasteiger partial charge in [-0.1, -0.05) is 66.0 Å². The molecule has 1 heterocycles. The summed E-state index contributed by atoms with van der Waals surface area (Å²) in [6, 6.07) is 27.4. The standard InChI is InChI=1S/C21H18BNO/c1-24-20-13-11-19(12-14-20)23-21-10-6-5-7-17(21)15-16-22(23)18-8-3-2-4-9-18/h2-16H,1H3. The SMILES string of the molecule is COc1ccc(N2B(c3ccccc3)C=Cc3ccccc32)cc1. The Kier molecular flexibility index (Phi) is 3.83. The first-order valence-electron chi connectivity index (χ1n) is 8.12. The van der Waals surface area contributed by atoms with Gasteiger partial charge in [0.25, 0.3) is 0 Å². The summed E-state index contributed by atoms with van der Waals surface area (Å²) in [5.74, 6) is 3.14. The molecule has 0 atom stereocenters. The third kappa shape index (κ3) is 2.58. The van der Waals surface area contributed by atoms with Crippen LogP contribution in [0, 0.1) is 0 Å². The molecular weight excluding hydrogens is 293 g/mol. The van der Waals surface area contributed by atoms with E-state index in [0.29, 0.717) is 0 Å². The van der Waals surface area contributed by atoms with Gasteiger partial charge in [-0.15, -0.1) is 0 Å². The average molecular weight is 311 g/mol. The molecule has 3 aromatic carbocycles. The van der Waals surface area contributed by atoms with Crippen LogP contribution in [0.5, 0.6) is 5.75 Å². The van der Waals surface area contributed by atoms with Gasteiger partial charge in [-0.25, -0.2) is 0 Å². The number of rotatable bonds is 3. The van der Waals surface area contributed by atoms with Crippen LogP contribution in [0.2, 0.25) is 0 Å². The molecule has 0 amide bonds. The normalized spacial score (nSPS) is 12.9. The highest BCUT2D eigenvalue weighted by atomic mass is 16.5. The lowest BCUT2D eigenvalue weighted by molar-refractivity contribution is 0.415. The highest BCUT2D eigenvalue weighted by molar-refractivity contribution is 6.83. The molecule has 116 valence electrons. The maximum atomic E-state index is 5.30. The molecule has 3 aromatic rings. The first-order valence-corrected chi connectivity index (χ1v) is 8.12. The molecule has 0 saturated carbocycles. The average Bonchev–Trinajstić information content (AvgIpc) is 2.68. The second-order valence-electron chi connectivity index (χ2n) is 5.84. The molecule has 0 fully saturated rings. The number of hydrogen-bond donors (Lipinski definition) is 0. The molecule has 1 aliphatic rings. The lowest BCUT2D eigenvalue weighted by Gasteiger charge is -2.34. The zero-order valence-electron chi connectivity index (χ0n) is 13.6. The van der Waals surface area contributed by atoms with Crippen molar-refractivity contribution < 1.29 is 4.74 Å². The van der Waals surface area contributed by atoms with Crippen LogP contribution in [-0.2, 0) is 0 Å². The van der Waals surface area contributed by atoms with E-state index in [4.69, 9.17) is 4.74 Å². The van der Waals surface area contributed by atoms with Crippen molar-refractivity contribution in [2.45, 2.75) is 0 Å². The smallest absolute Gasteiger partial charge is 0.320 e. The zero-order chi connectivity index (χ0) is 16.4. The zero-order valence-corrected chi connectivity index (χ0v) is 13.6. The van der Waals surface area contributed by atoms with E-state index in [2.05, 4.69) is 83.6 Å². The monoisotopic (exact) mass is 311 g/mol. The van der Waals surface area contributed by atoms with Crippen LogP contribution < -0.4 is 15.0 Å². The Morgan fingerprint density at radius 3 is 2.25 bits per heavy atom. The summed E-state index contributed by atoms with van der Waals surface area (Å²) in [7, 11) is 1.70. The van der Waals surface area contributed by atoms with Crippen molar-refractivity contribution in [2.24, 2.45) is 0 Å². The molecule has 1 aliphatic heterocycles. The Bertz CT molecular complexity index is 859. The molecular formula is C21H18BNO. The summed E-state index contributed by atoms with van der Waals surface area (Å²) in [6.45, 7) is 0.175. The lowest BCUT2D eigenvalue weighted by Crippen LogP contribution is -2.46. The van der Waals surface area contributed by atoms with Crippen molar-refractivity contribution in [3.8, 4) is 5.75 Å². The molecule has 3 heteroatoms. The van der Waals surface area contributed by atoms with Gasteiger partial charge in [0.1, 0.15) is 5.75 Å². The van der Waals surface area contributed by atoms with Crippen molar-refractivity contribution in [2.75, 3.05) is 11.9 Å². The first-order chi connectivity index (χ1) is 11.9. The number of hydrogen-bond acceptors (Lipinski definition) is 2. The van der Waals surface area contributed by atoms with Gasteiger partial charge in [0.05, 0.1) is 7.11 Å². The Morgan fingerprint density at radius 1 is 0.792 bits per heavy atom. The van der Waals surface area contributed by atoms with E-state index in [1.54, 1.807) is 7.11 Å². The van der Waals surface area contributed by atoms with Crippen LogP contribution in [0.1, 0.15) is 5.56 Å². The van der Waals surface area contributed by atoms with E-state index in [1.165, 1.54) is 16.7 Å². The van der Waals surface area contributed by atoms with Crippen molar-refractivity contribution in [3.05, 3.63) is 90.4 Å². The predicted molar refractivity (Wildman–Crippen MR) is 102 cm³/mol. The van der Waals surface area contributed by atoms with Gasteiger partial charge < -0.3 is 9.55 Å². The van der Waals surface area contributed by atoms with E-state index in [0.717, 1.165) is 11.4 Å². The van der Waals surface area contributed by atoms with Gasteiger partial charge in [-0.05, 0) is 35.9 Å². The summed E-state index contributed by atoms with van der Waals surface area (Å²) in [5, 5.41) is 0. The van der Waals surface area contributed by atoms with Crippen LogP contribution in [0.3, 0.4) is 0 Å². The maximum Gasteiger partial charge on any atom is 0.320 e. The molecule has 0 saturated heterocycles. The first kappa shape index (κ1) is 14.6. The summed E-state index contributed by atoms with van der Waals surface area (Å²) >= 11 is 0. The number of fused-ring (bicyclic) bond motifs is 1. The third-order valence-electron chi connectivity index (χ3n) is 4.42.